The Morgan fingerprint density at radius 1 is 1.29 bits per heavy atom. The summed E-state index contributed by atoms with van der Waals surface area (Å²) in [4.78, 5) is 2.33. The van der Waals surface area contributed by atoms with Crippen molar-refractivity contribution in [3.05, 3.63) is 35.4 Å². The van der Waals surface area contributed by atoms with Gasteiger partial charge in [-0.2, -0.15) is 4.37 Å². The monoisotopic (exact) mass is 303 g/mol. The molecule has 1 aliphatic heterocycles. The highest BCUT2D eigenvalue weighted by atomic mass is 32.1. The molecule has 1 aromatic carbocycles. The molecule has 0 saturated carbocycles. The van der Waals surface area contributed by atoms with E-state index in [9.17, 15) is 0 Å². The fourth-order valence-corrected chi connectivity index (χ4v) is 3.28. The Morgan fingerprint density at radius 3 is 2.95 bits per heavy atom. The fraction of sp³-hybridized carbons (Fsp3) is 0.500. The van der Waals surface area contributed by atoms with Crippen LogP contribution in [0.3, 0.4) is 0 Å². The molecule has 1 saturated heterocycles. The van der Waals surface area contributed by atoms with Gasteiger partial charge in [-0.1, -0.05) is 24.3 Å². The summed E-state index contributed by atoms with van der Waals surface area (Å²) in [5, 5.41) is 0. The van der Waals surface area contributed by atoms with Crippen LogP contribution in [0.25, 0.3) is 0 Å². The van der Waals surface area contributed by atoms with Gasteiger partial charge in [-0.15, -0.1) is 4.37 Å². The number of benzene rings is 1. The second-order valence-electron chi connectivity index (χ2n) is 5.65. The van der Waals surface area contributed by atoms with Gasteiger partial charge in [0.15, 0.2) is 0 Å². The van der Waals surface area contributed by atoms with Crippen LogP contribution in [0.2, 0.25) is 0 Å². The molecule has 0 radical (unpaired) electrons. The Bertz CT molecular complexity index is 599. The molecule has 4 nitrogen and oxygen atoms in total. The number of anilines is 1. The molecule has 1 unspecified atom stereocenters. The van der Waals surface area contributed by atoms with Crippen LogP contribution in [0.4, 0.5) is 5.82 Å². The summed E-state index contributed by atoms with van der Waals surface area (Å²) in [5.41, 5.74) is 2.44. The van der Waals surface area contributed by atoms with Gasteiger partial charge in [-0.05, 0) is 44.2 Å². The van der Waals surface area contributed by atoms with E-state index in [0.717, 1.165) is 12.4 Å². The highest BCUT2D eigenvalue weighted by Gasteiger charge is 2.24. The van der Waals surface area contributed by atoms with Crippen molar-refractivity contribution in [1.82, 2.24) is 8.75 Å². The molecule has 3 rings (SSSR count). The quantitative estimate of drug-likeness (QED) is 0.861. The van der Waals surface area contributed by atoms with Gasteiger partial charge in [-0.3, -0.25) is 0 Å². The maximum Gasteiger partial charge on any atom is 0.271 e. The molecule has 1 fully saturated rings. The lowest BCUT2D eigenvalue weighted by atomic mass is 10.0. The second-order valence-corrected chi connectivity index (χ2v) is 6.17. The highest BCUT2D eigenvalue weighted by Crippen LogP contribution is 2.31. The van der Waals surface area contributed by atoms with Crippen LogP contribution in [-0.4, -0.2) is 21.3 Å². The van der Waals surface area contributed by atoms with E-state index in [1.807, 2.05) is 12.1 Å². The minimum absolute atomic E-state index is 0.517. The lowest BCUT2D eigenvalue weighted by Crippen LogP contribution is -2.37. The van der Waals surface area contributed by atoms with Gasteiger partial charge in [0.25, 0.3) is 5.88 Å². The summed E-state index contributed by atoms with van der Waals surface area (Å²) < 4.78 is 14.7. The van der Waals surface area contributed by atoms with Gasteiger partial charge in [0.2, 0.25) is 5.82 Å². The first-order valence-corrected chi connectivity index (χ1v) is 8.25. The zero-order valence-corrected chi connectivity index (χ0v) is 13.4. The number of ether oxygens (including phenoxy) is 1. The smallest absolute Gasteiger partial charge is 0.271 e. The number of hydrogen-bond donors (Lipinski definition) is 0. The summed E-state index contributed by atoms with van der Waals surface area (Å²) in [6.07, 6.45) is 3.74. The van der Waals surface area contributed by atoms with Crippen LogP contribution in [0, 0.1) is 6.92 Å². The molecule has 21 heavy (non-hydrogen) atoms. The molecule has 0 aliphatic carbocycles. The zero-order valence-electron chi connectivity index (χ0n) is 12.6. The molecular weight excluding hydrogens is 282 g/mol. The van der Waals surface area contributed by atoms with Crippen molar-refractivity contribution in [3.63, 3.8) is 0 Å². The van der Waals surface area contributed by atoms with Crippen molar-refractivity contribution in [2.24, 2.45) is 0 Å². The normalized spacial score (nSPS) is 18.8. The summed E-state index contributed by atoms with van der Waals surface area (Å²) in [6.45, 7) is 5.95. The topological polar surface area (TPSA) is 38.3 Å². The van der Waals surface area contributed by atoms with E-state index in [1.165, 1.54) is 42.1 Å². The van der Waals surface area contributed by atoms with Gasteiger partial charge in [0, 0.05) is 12.6 Å². The maximum atomic E-state index is 5.94. The average molecular weight is 303 g/mol. The number of aryl methyl sites for hydroxylation is 1. The number of rotatable bonds is 4. The van der Waals surface area contributed by atoms with Crippen LogP contribution in [-0.2, 0) is 6.61 Å². The fourth-order valence-electron chi connectivity index (χ4n) is 2.77. The summed E-state index contributed by atoms with van der Waals surface area (Å²) in [6, 6.07) is 8.80. The largest absolute Gasteiger partial charge is 0.470 e. The minimum atomic E-state index is 0.517. The Hall–Kier alpha value is -1.62. The van der Waals surface area contributed by atoms with Crippen molar-refractivity contribution in [1.29, 1.82) is 0 Å². The van der Waals surface area contributed by atoms with E-state index in [1.54, 1.807) is 0 Å². The Balaban J connectivity index is 1.72. The molecular formula is C16H21N3OS. The van der Waals surface area contributed by atoms with Crippen LogP contribution >= 0.6 is 11.7 Å². The summed E-state index contributed by atoms with van der Waals surface area (Å²) in [5.74, 6) is 1.60. The van der Waals surface area contributed by atoms with Crippen molar-refractivity contribution in [2.45, 2.75) is 45.8 Å². The van der Waals surface area contributed by atoms with Crippen LogP contribution in [0.15, 0.2) is 24.3 Å². The van der Waals surface area contributed by atoms with E-state index in [2.05, 4.69) is 39.6 Å². The third kappa shape index (κ3) is 3.18. The van der Waals surface area contributed by atoms with Crippen LogP contribution in [0.1, 0.15) is 37.3 Å². The lowest BCUT2D eigenvalue weighted by molar-refractivity contribution is 0.294. The van der Waals surface area contributed by atoms with E-state index >= 15 is 0 Å². The van der Waals surface area contributed by atoms with Gasteiger partial charge in [0.05, 0.1) is 11.7 Å². The third-order valence-corrected chi connectivity index (χ3v) is 4.65. The number of aromatic nitrogens is 2. The van der Waals surface area contributed by atoms with Crippen molar-refractivity contribution < 1.29 is 4.74 Å². The van der Waals surface area contributed by atoms with Crippen molar-refractivity contribution >= 4 is 17.5 Å². The molecule has 0 amide bonds. The van der Waals surface area contributed by atoms with Gasteiger partial charge in [-0.25, -0.2) is 0 Å². The molecule has 5 heteroatoms. The first kappa shape index (κ1) is 14.3. The summed E-state index contributed by atoms with van der Waals surface area (Å²) in [7, 11) is 0. The van der Waals surface area contributed by atoms with E-state index in [4.69, 9.17) is 4.74 Å². The van der Waals surface area contributed by atoms with E-state index in [0.29, 0.717) is 18.5 Å². The summed E-state index contributed by atoms with van der Waals surface area (Å²) >= 11 is 1.23. The maximum absolute atomic E-state index is 5.94. The van der Waals surface area contributed by atoms with Gasteiger partial charge in [0.1, 0.15) is 6.61 Å². The second kappa shape index (κ2) is 6.43. The Labute approximate surface area is 130 Å². The number of hydrogen-bond acceptors (Lipinski definition) is 5. The molecule has 112 valence electrons. The van der Waals surface area contributed by atoms with E-state index < -0.39 is 0 Å². The molecule has 1 atom stereocenters. The first-order valence-electron chi connectivity index (χ1n) is 7.52. The first-order chi connectivity index (χ1) is 10.3. The lowest BCUT2D eigenvalue weighted by Gasteiger charge is -2.33. The van der Waals surface area contributed by atoms with Gasteiger partial charge >= 0.3 is 0 Å². The molecule has 1 aromatic heterocycles. The predicted octanol–water partition coefficient (Wildman–Crippen LogP) is 3.80. The average Bonchev–Trinajstić information content (AvgIpc) is 2.95. The molecule has 1 aliphatic rings. The van der Waals surface area contributed by atoms with Crippen LogP contribution in [0.5, 0.6) is 5.88 Å². The number of nitrogens with zero attached hydrogens (tertiary/aromatic N) is 3. The molecule has 2 heterocycles. The SMILES string of the molecule is Cc1ccccc1COc1nsnc1N1CCCCC1C. The molecule has 2 aromatic rings. The van der Waals surface area contributed by atoms with E-state index in [-0.39, 0.29) is 0 Å². The molecule has 0 bridgehead atoms. The molecule has 0 N–H and O–H groups in total. The standard InChI is InChI=1S/C16H21N3OS/c1-12-7-3-4-9-14(12)11-20-16-15(17-21-18-16)19-10-6-5-8-13(19)2/h3-4,7,9,13H,5-6,8,10-11H2,1-2H3. The van der Waals surface area contributed by atoms with Crippen LogP contribution < -0.4 is 9.64 Å². The van der Waals surface area contributed by atoms with Crippen molar-refractivity contribution in [2.75, 3.05) is 11.4 Å². The Morgan fingerprint density at radius 2 is 2.14 bits per heavy atom. The number of piperidine rings is 1. The highest BCUT2D eigenvalue weighted by molar-refractivity contribution is 6.99. The molecule has 0 spiro atoms. The van der Waals surface area contributed by atoms with Gasteiger partial charge < -0.3 is 9.64 Å². The third-order valence-electron chi connectivity index (χ3n) is 4.14. The van der Waals surface area contributed by atoms with Crippen molar-refractivity contribution in [3.8, 4) is 5.88 Å². The minimum Gasteiger partial charge on any atom is -0.470 e. The predicted molar refractivity (Wildman–Crippen MR) is 86.1 cm³/mol. The Kier molecular flexibility index (Phi) is 4.39. The zero-order chi connectivity index (χ0) is 14.7.